The molecule has 1 heterocycles. The molecular weight excluding hydrogens is 531 g/mol. The SMILES string of the molecule is O=S(=O)(Nc1ccc(Br)cc1)c1ccc2c(c1)[C@H]1C=CC[C@H]1[C@@H](c1ccc(Cl)cc1Cl)N2. The zero-order chi connectivity index (χ0) is 22.5. The lowest BCUT2D eigenvalue weighted by atomic mass is 9.77. The molecule has 32 heavy (non-hydrogen) atoms. The van der Waals surface area contributed by atoms with Crippen LogP contribution in [0.25, 0.3) is 0 Å². The zero-order valence-corrected chi connectivity index (χ0v) is 20.6. The van der Waals surface area contributed by atoms with Crippen molar-refractivity contribution in [3.05, 3.63) is 98.5 Å². The molecule has 1 aliphatic carbocycles. The summed E-state index contributed by atoms with van der Waals surface area (Å²) in [6.45, 7) is 0. The Labute approximate surface area is 205 Å². The molecule has 2 aliphatic rings. The van der Waals surface area contributed by atoms with Crippen molar-refractivity contribution in [2.45, 2.75) is 23.3 Å². The highest BCUT2D eigenvalue weighted by Crippen LogP contribution is 2.51. The van der Waals surface area contributed by atoms with Crippen LogP contribution in [0.1, 0.15) is 29.5 Å². The first-order chi connectivity index (χ1) is 15.3. The van der Waals surface area contributed by atoms with E-state index in [1.165, 1.54) is 0 Å². The average Bonchev–Trinajstić information content (AvgIpc) is 3.25. The van der Waals surface area contributed by atoms with E-state index in [2.05, 4.69) is 38.1 Å². The molecule has 4 nitrogen and oxygen atoms in total. The summed E-state index contributed by atoms with van der Waals surface area (Å²) in [7, 11) is -3.72. The second-order valence-corrected chi connectivity index (χ2v) is 11.4. The molecule has 0 radical (unpaired) electrons. The summed E-state index contributed by atoms with van der Waals surface area (Å²) in [4.78, 5) is 0.239. The molecule has 8 heteroatoms. The molecule has 5 rings (SSSR count). The van der Waals surface area contributed by atoms with Crippen molar-refractivity contribution in [1.82, 2.24) is 0 Å². The number of fused-ring (bicyclic) bond motifs is 3. The van der Waals surface area contributed by atoms with Crippen molar-refractivity contribution in [3.8, 4) is 0 Å². The molecule has 0 amide bonds. The van der Waals surface area contributed by atoms with Crippen LogP contribution < -0.4 is 10.0 Å². The van der Waals surface area contributed by atoms with E-state index in [1.54, 1.807) is 42.5 Å². The third-order valence-electron chi connectivity index (χ3n) is 6.04. The topological polar surface area (TPSA) is 58.2 Å². The second-order valence-electron chi connectivity index (χ2n) is 8.00. The van der Waals surface area contributed by atoms with E-state index in [-0.39, 0.29) is 22.8 Å². The van der Waals surface area contributed by atoms with Crippen LogP contribution >= 0.6 is 39.1 Å². The first kappa shape index (κ1) is 21.8. The maximum absolute atomic E-state index is 13.0. The fourth-order valence-electron chi connectivity index (χ4n) is 4.53. The first-order valence-corrected chi connectivity index (χ1v) is 13.2. The average molecular weight is 550 g/mol. The summed E-state index contributed by atoms with van der Waals surface area (Å²) in [5.74, 6) is 0.337. The monoisotopic (exact) mass is 548 g/mol. The van der Waals surface area contributed by atoms with E-state index in [0.29, 0.717) is 15.7 Å². The van der Waals surface area contributed by atoms with Gasteiger partial charge in [0.25, 0.3) is 10.0 Å². The summed E-state index contributed by atoms with van der Waals surface area (Å²) >= 11 is 16.0. The van der Waals surface area contributed by atoms with Crippen molar-refractivity contribution in [2.24, 2.45) is 5.92 Å². The molecular formula is C24H19BrCl2N2O2S. The smallest absolute Gasteiger partial charge is 0.261 e. The van der Waals surface area contributed by atoms with Crippen LogP contribution in [-0.4, -0.2) is 8.42 Å². The fourth-order valence-corrected chi connectivity index (χ4v) is 6.42. The van der Waals surface area contributed by atoms with Gasteiger partial charge in [0.2, 0.25) is 0 Å². The van der Waals surface area contributed by atoms with Gasteiger partial charge in [0.05, 0.1) is 10.9 Å². The summed E-state index contributed by atoms with van der Waals surface area (Å²) in [6, 6.07) is 17.9. The Morgan fingerprint density at radius 3 is 2.50 bits per heavy atom. The maximum Gasteiger partial charge on any atom is 0.261 e. The summed E-state index contributed by atoms with van der Waals surface area (Å²) in [6.07, 6.45) is 5.21. The Balaban J connectivity index is 1.49. The Hall–Kier alpha value is -1.99. The number of anilines is 2. The third kappa shape index (κ3) is 4.05. The van der Waals surface area contributed by atoms with Gasteiger partial charge in [-0.25, -0.2) is 8.42 Å². The van der Waals surface area contributed by atoms with Gasteiger partial charge in [-0.05, 0) is 78.1 Å². The van der Waals surface area contributed by atoms with E-state index in [9.17, 15) is 8.42 Å². The van der Waals surface area contributed by atoms with Gasteiger partial charge in [0, 0.05) is 31.8 Å². The van der Waals surface area contributed by atoms with Gasteiger partial charge in [-0.2, -0.15) is 0 Å². The summed E-state index contributed by atoms with van der Waals surface area (Å²) in [5, 5.41) is 4.82. The normalized spacial score (nSPS) is 21.5. The lowest BCUT2D eigenvalue weighted by molar-refractivity contribution is 0.425. The quantitative estimate of drug-likeness (QED) is 0.334. The number of sulfonamides is 1. The molecule has 0 spiro atoms. The van der Waals surface area contributed by atoms with Gasteiger partial charge >= 0.3 is 0 Å². The molecule has 0 unspecified atom stereocenters. The van der Waals surface area contributed by atoms with E-state index in [0.717, 1.165) is 27.7 Å². The number of nitrogens with one attached hydrogen (secondary N) is 2. The number of rotatable bonds is 4. The summed E-state index contributed by atoms with van der Waals surface area (Å²) in [5.41, 5.74) is 3.40. The number of hydrogen-bond donors (Lipinski definition) is 2. The lowest BCUT2D eigenvalue weighted by Crippen LogP contribution is -2.29. The van der Waals surface area contributed by atoms with Gasteiger partial charge in [-0.15, -0.1) is 0 Å². The van der Waals surface area contributed by atoms with Gasteiger partial charge < -0.3 is 5.32 Å². The predicted molar refractivity (Wildman–Crippen MR) is 134 cm³/mol. The highest BCUT2D eigenvalue weighted by atomic mass is 79.9. The Kier molecular flexibility index (Phi) is 5.74. The Morgan fingerprint density at radius 2 is 1.75 bits per heavy atom. The molecule has 164 valence electrons. The van der Waals surface area contributed by atoms with Crippen LogP contribution in [-0.2, 0) is 10.0 Å². The van der Waals surface area contributed by atoms with E-state index >= 15 is 0 Å². The third-order valence-corrected chi connectivity index (χ3v) is 8.51. The highest BCUT2D eigenvalue weighted by molar-refractivity contribution is 9.10. The molecule has 3 atom stereocenters. The lowest BCUT2D eigenvalue weighted by Gasteiger charge is -2.38. The minimum absolute atomic E-state index is 0.00983. The van der Waals surface area contributed by atoms with Gasteiger partial charge in [-0.1, -0.05) is 57.4 Å². The maximum atomic E-state index is 13.0. The zero-order valence-electron chi connectivity index (χ0n) is 16.7. The molecule has 0 fully saturated rings. The molecule has 0 saturated heterocycles. The number of benzene rings is 3. The van der Waals surface area contributed by atoms with Crippen LogP contribution in [0.5, 0.6) is 0 Å². The van der Waals surface area contributed by atoms with Crippen LogP contribution in [0, 0.1) is 5.92 Å². The molecule has 2 N–H and O–H groups in total. The molecule has 1 aliphatic heterocycles. The number of halogens is 3. The first-order valence-electron chi connectivity index (χ1n) is 10.1. The Morgan fingerprint density at radius 1 is 0.969 bits per heavy atom. The van der Waals surface area contributed by atoms with Crippen molar-refractivity contribution in [2.75, 3.05) is 10.0 Å². The number of hydrogen-bond acceptors (Lipinski definition) is 3. The highest BCUT2D eigenvalue weighted by Gasteiger charge is 2.39. The predicted octanol–water partition coefficient (Wildman–Crippen LogP) is 7.38. The van der Waals surface area contributed by atoms with Crippen LogP contribution in [0.4, 0.5) is 11.4 Å². The molecule has 3 aromatic carbocycles. The van der Waals surface area contributed by atoms with Gasteiger partial charge in [0.15, 0.2) is 0 Å². The fraction of sp³-hybridized carbons (Fsp3) is 0.167. The second kappa shape index (κ2) is 8.41. The van der Waals surface area contributed by atoms with Gasteiger partial charge in [-0.3, -0.25) is 4.72 Å². The van der Waals surface area contributed by atoms with Crippen molar-refractivity contribution >= 4 is 60.5 Å². The van der Waals surface area contributed by atoms with E-state index < -0.39 is 10.0 Å². The largest absolute Gasteiger partial charge is 0.378 e. The van der Waals surface area contributed by atoms with E-state index in [4.69, 9.17) is 23.2 Å². The number of allylic oxidation sites excluding steroid dienone is 2. The van der Waals surface area contributed by atoms with E-state index in [1.807, 2.05) is 18.2 Å². The van der Waals surface area contributed by atoms with Crippen molar-refractivity contribution in [1.29, 1.82) is 0 Å². The standard InChI is InChI=1S/C24H19BrCl2N2O2S/c25-14-4-7-16(8-5-14)29-32(30,31)17-9-11-23-21(13-17)18-2-1-3-19(18)24(28-23)20-10-6-15(26)12-22(20)27/h1-2,4-13,18-19,24,28-29H,3H2/t18-,19+,24-/m0/s1. The van der Waals surface area contributed by atoms with Crippen LogP contribution in [0.3, 0.4) is 0 Å². The molecule has 3 aromatic rings. The molecule has 0 aromatic heterocycles. The van der Waals surface area contributed by atoms with Crippen LogP contribution in [0.2, 0.25) is 10.0 Å². The van der Waals surface area contributed by atoms with Gasteiger partial charge in [0.1, 0.15) is 0 Å². The van der Waals surface area contributed by atoms with Crippen molar-refractivity contribution < 1.29 is 8.42 Å². The minimum atomic E-state index is -3.72. The minimum Gasteiger partial charge on any atom is -0.378 e. The molecule has 0 bridgehead atoms. The van der Waals surface area contributed by atoms with Crippen LogP contribution in [0.15, 0.2) is 82.2 Å². The summed E-state index contributed by atoms with van der Waals surface area (Å²) < 4.78 is 29.6. The Bertz CT molecular complexity index is 1330. The molecule has 0 saturated carbocycles. The van der Waals surface area contributed by atoms with Crippen molar-refractivity contribution in [3.63, 3.8) is 0 Å².